The zero-order valence-electron chi connectivity index (χ0n) is 28.3. The van der Waals surface area contributed by atoms with Crippen LogP contribution in [0.25, 0.3) is 0 Å². The summed E-state index contributed by atoms with van der Waals surface area (Å²) in [7, 11) is -5.47. The van der Waals surface area contributed by atoms with Crippen molar-refractivity contribution in [2.45, 2.75) is 50.7 Å². The number of aryl methyl sites for hydroxylation is 1. The highest BCUT2D eigenvalue weighted by atomic mass is 32.2. The van der Waals surface area contributed by atoms with Crippen LogP contribution in [0.1, 0.15) is 26.3 Å². The fraction of sp³-hybridized carbons (Fsp3) is 0.806. The summed E-state index contributed by atoms with van der Waals surface area (Å²) in [6, 6.07) is 6.49. The van der Waals surface area contributed by atoms with Crippen molar-refractivity contribution in [3.05, 3.63) is 29.8 Å². The van der Waals surface area contributed by atoms with Crippen LogP contribution >= 0.6 is 0 Å². The average Bonchev–Trinajstić information content (AvgIpc) is 2.98. The van der Waals surface area contributed by atoms with Gasteiger partial charge >= 0.3 is 0 Å². The third-order valence-corrected chi connectivity index (χ3v) is 12.7. The summed E-state index contributed by atoms with van der Waals surface area (Å²) in [4.78, 5) is 0.131. The van der Waals surface area contributed by atoms with E-state index in [1.807, 2.05) is 6.92 Å². The molecule has 0 saturated heterocycles. The molecule has 0 unspecified atom stereocenters. The number of ether oxygens (including phenoxy) is 8. The number of rotatable bonds is 30. The number of hydrogen-bond acceptors (Lipinski definition) is 12. The molecule has 0 N–H and O–H groups in total. The summed E-state index contributed by atoms with van der Waals surface area (Å²) >= 11 is 0. The third-order valence-electron chi connectivity index (χ3n) is 6.88. The van der Waals surface area contributed by atoms with Gasteiger partial charge in [-0.05, 0) is 37.2 Å². The van der Waals surface area contributed by atoms with Crippen LogP contribution in [0, 0.1) is 6.92 Å². The molecule has 264 valence electrons. The Kier molecular flexibility index (Phi) is 23.4. The van der Waals surface area contributed by atoms with Crippen LogP contribution in [0.15, 0.2) is 29.2 Å². The molecule has 0 heterocycles. The van der Waals surface area contributed by atoms with Crippen molar-refractivity contribution < 1.29 is 54.9 Å². The Hall–Kier alpha value is -1.01. The first-order valence-electron chi connectivity index (χ1n) is 15.7. The Balaban J connectivity index is 1.73. The normalized spacial score (nSPS) is 12.7. The molecule has 14 heteroatoms. The van der Waals surface area contributed by atoms with E-state index >= 15 is 0 Å². The molecule has 12 nitrogen and oxygen atoms in total. The van der Waals surface area contributed by atoms with Crippen molar-refractivity contribution >= 4 is 18.4 Å². The second kappa shape index (κ2) is 25.1. The summed E-state index contributed by atoms with van der Waals surface area (Å²) < 4.78 is 78.9. The van der Waals surface area contributed by atoms with Crippen LogP contribution in [-0.4, -0.2) is 136 Å². The van der Waals surface area contributed by atoms with Gasteiger partial charge in [0.05, 0.1) is 124 Å². The topological polar surface area (TPSA) is 126 Å². The van der Waals surface area contributed by atoms with E-state index in [1.54, 1.807) is 12.1 Å². The maximum Gasteiger partial charge on any atom is 0.297 e. The molecule has 0 aliphatic rings. The molecule has 1 aromatic rings. The lowest BCUT2D eigenvalue weighted by Gasteiger charge is -2.36. The minimum Gasteiger partial charge on any atom is -0.414 e. The molecule has 0 radical (unpaired) electrons. The van der Waals surface area contributed by atoms with Crippen LogP contribution in [0.2, 0.25) is 18.1 Å². The van der Waals surface area contributed by atoms with E-state index in [0.717, 1.165) is 5.56 Å². The van der Waals surface area contributed by atoms with Crippen LogP contribution in [-0.2, 0) is 56.6 Å². The Labute approximate surface area is 272 Å². The number of benzene rings is 1. The SMILES string of the molecule is Cc1ccc(S(=O)(=O)OCCOCCOCCOCCOCCOCCOCCOCCOCCO[Si](C)(C)C(C)(C)C)cc1. The van der Waals surface area contributed by atoms with E-state index in [0.29, 0.717) is 106 Å². The van der Waals surface area contributed by atoms with Crippen LogP contribution in [0.5, 0.6) is 0 Å². The largest absolute Gasteiger partial charge is 0.414 e. The Morgan fingerprint density at radius 3 is 1.11 bits per heavy atom. The highest BCUT2D eigenvalue weighted by Crippen LogP contribution is 2.36. The van der Waals surface area contributed by atoms with Gasteiger partial charge in [0.2, 0.25) is 0 Å². The molecule has 1 rings (SSSR count). The van der Waals surface area contributed by atoms with Gasteiger partial charge in [0.15, 0.2) is 8.32 Å². The van der Waals surface area contributed by atoms with E-state index in [9.17, 15) is 8.42 Å². The Morgan fingerprint density at radius 2 is 0.800 bits per heavy atom. The molecule has 45 heavy (non-hydrogen) atoms. The zero-order chi connectivity index (χ0) is 33.3. The van der Waals surface area contributed by atoms with Crippen molar-refractivity contribution in [1.82, 2.24) is 0 Å². The minimum atomic E-state index is -3.77. The standard InChI is InChI=1S/C31H58O12SSi/c1-29-7-9-30(10-8-29)44(32,33)42-27-25-40-23-21-38-19-17-36-15-13-34-11-12-35-14-16-37-18-20-39-22-24-41-26-28-43-45(5,6)31(2,3)4/h7-10H,11-28H2,1-6H3. The molecule has 0 saturated carbocycles. The summed E-state index contributed by atoms with van der Waals surface area (Å²) in [5.74, 6) is 0. The molecule has 0 bridgehead atoms. The summed E-state index contributed by atoms with van der Waals surface area (Å²) in [6.45, 7) is 21.0. The lowest BCUT2D eigenvalue weighted by Crippen LogP contribution is -2.41. The summed E-state index contributed by atoms with van der Waals surface area (Å²) in [6.07, 6.45) is 0. The molecule has 1 aromatic carbocycles. The molecule has 0 aliphatic heterocycles. The van der Waals surface area contributed by atoms with Crippen LogP contribution in [0.3, 0.4) is 0 Å². The Morgan fingerprint density at radius 1 is 0.511 bits per heavy atom. The third kappa shape index (κ3) is 22.2. The fourth-order valence-corrected chi connectivity index (χ4v) is 5.11. The first kappa shape index (κ1) is 42.0. The van der Waals surface area contributed by atoms with Gasteiger partial charge in [-0.25, -0.2) is 0 Å². The van der Waals surface area contributed by atoms with Crippen molar-refractivity contribution in [1.29, 1.82) is 0 Å². The fourth-order valence-electron chi connectivity index (χ4n) is 3.19. The highest BCUT2D eigenvalue weighted by molar-refractivity contribution is 7.86. The molecule has 0 fully saturated rings. The molecule has 0 atom stereocenters. The van der Waals surface area contributed by atoms with Crippen LogP contribution in [0.4, 0.5) is 0 Å². The molecule has 0 aromatic heterocycles. The molecule has 0 amide bonds. The minimum absolute atomic E-state index is 0.0558. The maximum absolute atomic E-state index is 12.1. The zero-order valence-corrected chi connectivity index (χ0v) is 30.2. The van der Waals surface area contributed by atoms with Crippen molar-refractivity contribution in [3.8, 4) is 0 Å². The van der Waals surface area contributed by atoms with Crippen molar-refractivity contribution in [2.24, 2.45) is 0 Å². The van der Waals surface area contributed by atoms with Crippen molar-refractivity contribution in [2.75, 3.05) is 119 Å². The van der Waals surface area contributed by atoms with Gasteiger partial charge in [0.1, 0.15) is 0 Å². The maximum atomic E-state index is 12.1. The molecule has 0 spiro atoms. The quantitative estimate of drug-likeness (QED) is 0.0665. The first-order chi connectivity index (χ1) is 21.5. The second-order valence-electron chi connectivity index (χ2n) is 11.6. The molecular weight excluding hydrogens is 624 g/mol. The van der Waals surface area contributed by atoms with E-state index in [2.05, 4.69) is 33.9 Å². The molecule has 0 aliphatic carbocycles. The monoisotopic (exact) mass is 682 g/mol. The second-order valence-corrected chi connectivity index (χ2v) is 18.0. The summed E-state index contributed by atoms with van der Waals surface area (Å²) in [5.41, 5.74) is 0.977. The van der Waals surface area contributed by atoms with Gasteiger partial charge < -0.3 is 42.3 Å². The van der Waals surface area contributed by atoms with E-state index < -0.39 is 18.4 Å². The smallest absolute Gasteiger partial charge is 0.297 e. The predicted molar refractivity (Wildman–Crippen MR) is 174 cm³/mol. The van der Waals surface area contributed by atoms with Gasteiger partial charge in [0, 0.05) is 0 Å². The van der Waals surface area contributed by atoms with Gasteiger partial charge in [-0.2, -0.15) is 8.42 Å². The van der Waals surface area contributed by atoms with Crippen LogP contribution < -0.4 is 0 Å². The lowest BCUT2D eigenvalue weighted by atomic mass is 10.2. The highest BCUT2D eigenvalue weighted by Gasteiger charge is 2.36. The van der Waals surface area contributed by atoms with Gasteiger partial charge in [-0.3, -0.25) is 4.18 Å². The van der Waals surface area contributed by atoms with Gasteiger partial charge in [0.25, 0.3) is 10.1 Å². The van der Waals surface area contributed by atoms with E-state index in [1.165, 1.54) is 12.1 Å². The predicted octanol–water partition coefficient (Wildman–Crippen LogP) is 3.85. The van der Waals surface area contributed by atoms with Crippen molar-refractivity contribution in [3.63, 3.8) is 0 Å². The first-order valence-corrected chi connectivity index (χ1v) is 20.0. The van der Waals surface area contributed by atoms with E-state index in [4.69, 9.17) is 46.5 Å². The van der Waals surface area contributed by atoms with E-state index in [-0.39, 0.29) is 23.1 Å². The lowest BCUT2D eigenvalue weighted by molar-refractivity contribution is -0.0241. The number of hydrogen-bond donors (Lipinski definition) is 0. The van der Waals surface area contributed by atoms with Gasteiger partial charge in [-0.15, -0.1) is 0 Å². The summed E-state index contributed by atoms with van der Waals surface area (Å²) in [5, 5.41) is 0.210. The van der Waals surface area contributed by atoms with Gasteiger partial charge in [-0.1, -0.05) is 38.5 Å². The average molecular weight is 683 g/mol. The molecular formula is C31H58O12SSi. The Bertz CT molecular complexity index is 939.